The Balaban J connectivity index is 0. The molecule has 15 heteroatoms. The molecular formula is C39H81NO12P2. The summed E-state index contributed by atoms with van der Waals surface area (Å²) in [4.78, 5) is 45.7. The molecule has 0 aliphatic heterocycles. The van der Waals surface area contributed by atoms with Gasteiger partial charge >= 0.3 is 21.6 Å². The van der Waals surface area contributed by atoms with Gasteiger partial charge in [-0.2, -0.15) is 0 Å². The monoisotopic (exact) mass is 818 g/mol. The zero-order valence-corrected chi connectivity index (χ0v) is 35.7. The van der Waals surface area contributed by atoms with Gasteiger partial charge in [0.15, 0.2) is 0 Å². The summed E-state index contributed by atoms with van der Waals surface area (Å²) in [6.07, 6.45) is 35.6. The van der Waals surface area contributed by atoms with Crippen LogP contribution in [-0.4, -0.2) is 73.8 Å². The standard InChI is InChI=1S/C21H43O7P.C18H38NO5P/c1-2-3-4-5-6-7-8-9-10-11-12-13-14-15-16-17-21(23)27-18-20(22)19-28-29(24,25)26;1-2-3-4-5-6-7-8-9-10-11-12-13-14-15-18(20)17(19)16-24-25(21,22)23/h20,22H,2-19H2,1H3,(H2,24,25,26);14-15,17-18,20H,2-13,16,19H2,1H3,(H2,21,22,23)/b;15-14-/t20-;17-,18+/m00/s1. The number of carbonyl (C=O) groups is 1. The SMILES string of the molecule is CCCCCCCCCCCCC/C=C\[C@@H](O)[C@@H](N)COP(=O)(O)O.CCCCCCCCCCCCCCCCCC(=O)OC[C@H](O)COP(=O)(O)O. The summed E-state index contributed by atoms with van der Waals surface area (Å²) >= 11 is 0. The highest BCUT2D eigenvalue weighted by atomic mass is 31.2. The van der Waals surface area contributed by atoms with Crippen molar-refractivity contribution >= 4 is 21.6 Å². The summed E-state index contributed by atoms with van der Waals surface area (Å²) in [6.45, 7) is 3.22. The van der Waals surface area contributed by atoms with E-state index in [9.17, 15) is 24.1 Å². The fourth-order valence-electron chi connectivity index (χ4n) is 5.72. The lowest BCUT2D eigenvalue weighted by molar-refractivity contribution is -0.147. The van der Waals surface area contributed by atoms with Crippen LogP contribution in [0.3, 0.4) is 0 Å². The number of esters is 1. The maximum atomic E-state index is 11.6. The molecule has 0 bridgehead atoms. The number of hydrogen-bond donors (Lipinski definition) is 7. The number of hydrogen-bond acceptors (Lipinski definition) is 9. The van der Waals surface area contributed by atoms with Crippen LogP contribution in [-0.2, 0) is 27.7 Å². The summed E-state index contributed by atoms with van der Waals surface area (Å²) in [7, 11) is -9.15. The molecule has 0 unspecified atom stereocenters. The van der Waals surface area contributed by atoms with Crippen LogP contribution in [0.5, 0.6) is 0 Å². The molecule has 0 fully saturated rings. The van der Waals surface area contributed by atoms with Crippen molar-refractivity contribution in [3.8, 4) is 0 Å². The molecule has 324 valence electrons. The lowest BCUT2D eigenvalue weighted by Crippen LogP contribution is -2.37. The maximum absolute atomic E-state index is 11.6. The first-order valence-corrected chi connectivity index (χ1v) is 24.1. The lowest BCUT2D eigenvalue weighted by atomic mass is 10.0. The van der Waals surface area contributed by atoms with Crippen molar-refractivity contribution in [3.05, 3.63) is 12.2 Å². The molecule has 0 amide bonds. The van der Waals surface area contributed by atoms with E-state index >= 15 is 0 Å². The first-order chi connectivity index (χ1) is 25.7. The van der Waals surface area contributed by atoms with Gasteiger partial charge in [-0.05, 0) is 19.3 Å². The minimum atomic E-state index is -4.61. The smallest absolute Gasteiger partial charge is 0.463 e. The quantitative estimate of drug-likeness (QED) is 0.0134. The molecule has 0 rings (SSSR count). The summed E-state index contributed by atoms with van der Waals surface area (Å²) in [6, 6.07) is -0.846. The Morgan fingerprint density at radius 1 is 0.556 bits per heavy atom. The van der Waals surface area contributed by atoms with E-state index in [1.54, 1.807) is 6.08 Å². The average Bonchev–Trinajstić information content (AvgIpc) is 3.11. The van der Waals surface area contributed by atoms with E-state index in [4.69, 9.17) is 30.0 Å². The highest BCUT2D eigenvalue weighted by molar-refractivity contribution is 7.46. The van der Waals surface area contributed by atoms with E-state index in [1.165, 1.54) is 141 Å². The number of nitrogens with two attached hydrogens (primary N) is 1. The van der Waals surface area contributed by atoms with Crippen LogP contribution >= 0.6 is 15.6 Å². The first kappa shape index (κ1) is 55.4. The van der Waals surface area contributed by atoms with Gasteiger partial charge in [0.2, 0.25) is 0 Å². The Bertz CT molecular complexity index is 947. The number of unbranched alkanes of at least 4 members (excludes halogenated alkanes) is 25. The maximum Gasteiger partial charge on any atom is 0.469 e. The minimum absolute atomic E-state index is 0.296. The minimum Gasteiger partial charge on any atom is -0.463 e. The van der Waals surface area contributed by atoms with Gasteiger partial charge in [-0.3, -0.25) is 13.8 Å². The molecular weight excluding hydrogens is 736 g/mol. The largest absolute Gasteiger partial charge is 0.469 e. The van der Waals surface area contributed by atoms with Crippen LogP contribution in [0.25, 0.3) is 0 Å². The molecule has 13 nitrogen and oxygen atoms in total. The van der Waals surface area contributed by atoms with Crippen molar-refractivity contribution < 1.29 is 57.5 Å². The number of phosphoric acid groups is 2. The third-order valence-electron chi connectivity index (χ3n) is 9.04. The summed E-state index contributed by atoms with van der Waals surface area (Å²) < 4.78 is 34.3. The molecule has 54 heavy (non-hydrogen) atoms. The van der Waals surface area contributed by atoms with E-state index < -0.39 is 46.5 Å². The third-order valence-corrected chi connectivity index (χ3v) is 10.0. The molecule has 0 radical (unpaired) electrons. The van der Waals surface area contributed by atoms with Crippen molar-refractivity contribution in [2.24, 2.45) is 5.73 Å². The second-order valence-electron chi connectivity index (χ2n) is 14.5. The Kier molecular flexibility index (Phi) is 40.2. The van der Waals surface area contributed by atoms with Crippen LogP contribution in [0.2, 0.25) is 0 Å². The van der Waals surface area contributed by atoms with E-state index in [2.05, 4.69) is 22.9 Å². The first-order valence-electron chi connectivity index (χ1n) is 21.1. The fraction of sp³-hybridized carbons (Fsp3) is 0.923. The van der Waals surface area contributed by atoms with Gasteiger partial charge in [0.05, 0.1) is 25.4 Å². The van der Waals surface area contributed by atoms with Crippen molar-refractivity contribution in [2.75, 3.05) is 19.8 Å². The second-order valence-corrected chi connectivity index (χ2v) is 17.0. The van der Waals surface area contributed by atoms with Gasteiger partial charge < -0.3 is 40.3 Å². The third kappa shape index (κ3) is 47.5. The Morgan fingerprint density at radius 3 is 1.30 bits per heavy atom. The predicted octanol–water partition coefficient (Wildman–Crippen LogP) is 9.30. The average molecular weight is 818 g/mol. The Morgan fingerprint density at radius 2 is 0.907 bits per heavy atom. The molecule has 0 spiro atoms. The fourth-order valence-corrected chi connectivity index (χ4v) is 6.45. The van der Waals surface area contributed by atoms with E-state index in [0.29, 0.717) is 6.42 Å². The van der Waals surface area contributed by atoms with Gasteiger partial charge in [-0.15, -0.1) is 0 Å². The van der Waals surface area contributed by atoms with Gasteiger partial charge in [0.1, 0.15) is 12.7 Å². The van der Waals surface area contributed by atoms with Crippen molar-refractivity contribution in [3.63, 3.8) is 0 Å². The number of aliphatic hydroxyl groups excluding tert-OH is 2. The number of rotatable bonds is 38. The number of aliphatic hydroxyl groups is 2. The number of allylic oxidation sites excluding steroid dienone is 1. The van der Waals surface area contributed by atoms with Gasteiger partial charge in [-0.25, -0.2) is 9.13 Å². The van der Waals surface area contributed by atoms with E-state index in [-0.39, 0.29) is 13.2 Å². The second kappa shape index (κ2) is 39.2. The van der Waals surface area contributed by atoms with Crippen molar-refractivity contribution in [2.45, 2.75) is 212 Å². The van der Waals surface area contributed by atoms with Gasteiger partial charge in [0, 0.05) is 6.42 Å². The van der Waals surface area contributed by atoms with Crippen LogP contribution in [0.15, 0.2) is 12.2 Å². The van der Waals surface area contributed by atoms with Crippen molar-refractivity contribution in [1.29, 1.82) is 0 Å². The Hall–Kier alpha value is -0.690. The summed E-state index contributed by atoms with van der Waals surface area (Å²) in [5.41, 5.74) is 5.60. The predicted molar refractivity (Wildman–Crippen MR) is 217 cm³/mol. The van der Waals surface area contributed by atoms with Crippen molar-refractivity contribution in [1.82, 2.24) is 0 Å². The molecule has 0 aliphatic rings. The molecule has 0 saturated heterocycles. The summed E-state index contributed by atoms with van der Waals surface area (Å²) in [5, 5.41) is 19.2. The molecule has 0 aromatic carbocycles. The highest BCUT2D eigenvalue weighted by Crippen LogP contribution is 2.36. The van der Waals surface area contributed by atoms with Gasteiger partial charge in [0.25, 0.3) is 0 Å². The molecule has 8 N–H and O–H groups in total. The Labute approximate surface area is 328 Å². The van der Waals surface area contributed by atoms with Crippen LogP contribution in [0.4, 0.5) is 0 Å². The summed E-state index contributed by atoms with van der Waals surface area (Å²) in [5.74, 6) is -0.407. The zero-order chi connectivity index (χ0) is 40.8. The van der Waals surface area contributed by atoms with E-state index in [1.807, 2.05) is 6.08 Å². The van der Waals surface area contributed by atoms with Crippen LogP contribution < -0.4 is 5.73 Å². The molecule has 0 saturated carbocycles. The van der Waals surface area contributed by atoms with Crippen LogP contribution in [0, 0.1) is 0 Å². The molecule has 0 aromatic heterocycles. The number of phosphoric ester groups is 2. The molecule has 0 aromatic rings. The normalized spacial score (nSPS) is 13.8. The highest BCUT2D eigenvalue weighted by Gasteiger charge is 2.20. The van der Waals surface area contributed by atoms with Crippen LogP contribution in [0.1, 0.15) is 194 Å². The number of carbonyl (C=O) groups excluding carboxylic acids is 1. The topological polar surface area (TPSA) is 226 Å². The van der Waals surface area contributed by atoms with Gasteiger partial charge in [-0.1, -0.05) is 180 Å². The van der Waals surface area contributed by atoms with E-state index in [0.717, 1.165) is 32.1 Å². The number of ether oxygens (including phenoxy) is 1. The molecule has 0 heterocycles. The zero-order valence-electron chi connectivity index (χ0n) is 33.9. The lowest BCUT2D eigenvalue weighted by Gasteiger charge is -2.15. The molecule has 0 aliphatic carbocycles. The molecule has 3 atom stereocenters.